The van der Waals surface area contributed by atoms with E-state index in [0.29, 0.717) is 40.9 Å². The summed E-state index contributed by atoms with van der Waals surface area (Å²) < 4.78 is 11.7. The number of hydrogen-bond acceptors (Lipinski definition) is 6. The van der Waals surface area contributed by atoms with Crippen LogP contribution < -0.4 is 0 Å². The zero-order valence-corrected chi connectivity index (χ0v) is 15.6. The van der Waals surface area contributed by atoms with Crippen molar-refractivity contribution < 1.29 is 13.9 Å². The molecule has 0 aliphatic carbocycles. The number of rotatable bonds is 4. The Kier molecular flexibility index (Phi) is 4.94. The van der Waals surface area contributed by atoms with Crippen molar-refractivity contribution in [1.82, 2.24) is 15.2 Å². The summed E-state index contributed by atoms with van der Waals surface area (Å²) >= 11 is 3.47. The Morgan fingerprint density at radius 3 is 2.48 bits per heavy atom. The van der Waals surface area contributed by atoms with Gasteiger partial charge in [0, 0.05) is 4.47 Å². The number of carbonyl (C=O) groups excluding carboxylic acids is 1. The highest BCUT2D eigenvalue weighted by Gasteiger charge is 2.19. The van der Waals surface area contributed by atoms with E-state index in [9.17, 15) is 4.79 Å². The van der Waals surface area contributed by atoms with E-state index in [1.165, 1.54) is 0 Å². The second-order valence-electron chi connectivity index (χ2n) is 5.37. The summed E-state index contributed by atoms with van der Waals surface area (Å²) in [5, 5.41) is 8.22. The molecule has 2 aromatic heterocycles. The van der Waals surface area contributed by atoms with Gasteiger partial charge >= 0.3 is 5.97 Å². The lowest BCUT2D eigenvalue weighted by Gasteiger charge is -2.08. The third kappa shape index (κ3) is 3.46. The maximum atomic E-state index is 12.1. The van der Waals surface area contributed by atoms with E-state index in [2.05, 4.69) is 31.1 Å². The Morgan fingerprint density at radius 2 is 1.80 bits per heavy atom. The first-order valence-electron chi connectivity index (χ1n) is 7.75. The zero-order valence-electron chi connectivity index (χ0n) is 14.0. The van der Waals surface area contributed by atoms with Gasteiger partial charge in [-0.1, -0.05) is 12.1 Å². The molecule has 1 aromatic carbocycles. The van der Waals surface area contributed by atoms with Crippen LogP contribution in [0.25, 0.3) is 22.9 Å². The minimum Gasteiger partial charge on any atom is -0.462 e. The van der Waals surface area contributed by atoms with Crippen molar-refractivity contribution in [2.45, 2.75) is 20.8 Å². The van der Waals surface area contributed by atoms with E-state index < -0.39 is 5.97 Å². The van der Waals surface area contributed by atoms with Crippen molar-refractivity contribution in [2.24, 2.45) is 0 Å². The standard InChI is InChI=1S/C18H16BrN3O3/c1-4-24-18(23)14-9-13(10(2)20-11(14)3)17-22-21-16(25-17)12-7-5-6-8-15(12)19/h5-9H,4H2,1-3H3. The number of nitrogens with zero attached hydrogens (tertiary/aromatic N) is 3. The average molecular weight is 402 g/mol. The molecule has 0 saturated carbocycles. The first-order chi connectivity index (χ1) is 12.0. The lowest BCUT2D eigenvalue weighted by atomic mass is 10.1. The van der Waals surface area contributed by atoms with Crippen molar-refractivity contribution in [2.75, 3.05) is 6.61 Å². The Hall–Kier alpha value is -2.54. The highest BCUT2D eigenvalue weighted by molar-refractivity contribution is 9.10. The second kappa shape index (κ2) is 7.14. The summed E-state index contributed by atoms with van der Waals surface area (Å²) in [5.41, 5.74) is 3.10. The quantitative estimate of drug-likeness (QED) is 0.604. The number of hydrogen-bond donors (Lipinski definition) is 0. The van der Waals surface area contributed by atoms with Crippen LogP contribution in [0.2, 0.25) is 0 Å². The molecule has 0 saturated heterocycles. The van der Waals surface area contributed by atoms with Gasteiger partial charge in [-0.3, -0.25) is 4.98 Å². The third-order valence-electron chi connectivity index (χ3n) is 3.66. The van der Waals surface area contributed by atoms with Gasteiger partial charge in [-0.25, -0.2) is 4.79 Å². The Labute approximate surface area is 153 Å². The van der Waals surface area contributed by atoms with Gasteiger partial charge in [0.15, 0.2) is 0 Å². The number of aryl methyl sites for hydroxylation is 2. The van der Waals surface area contributed by atoms with E-state index in [0.717, 1.165) is 10.0 Å². The van der Waals surface area contributed by atoms with Gasteiger partial charge in [-0.15, -0.1) is 10.2 Å². The second-order valence-corrected chi connectivity index (χ2v) is 6.22. The molecule has 0 spiro atoms. The molecule has 3 rings (SSSR count). The first kappa shape index (κ1) is 17.3. The van der Waals surface area contributed by atoms with Crippen molar-refractivity contribution in [3.05, 3.63) is 51.8 Å². The summed E-state index contributed by atoms with van der Waals surface area (Å²) in [6.45, 7) is 5.66. The molecule has 0 unspecified atom stereocenters. The molecule has 0 fully saturated rings. The highest BCUT2D eigenvalue weighted by Crippen LogP contribution is 2.30. The van der Waals surface area contributed by atoms with Crippen LogP contribution in [0.1, 0.15) is 28.7 Å². The topological polar surface area (TPSA) is 78.1 Å². The van der Waals surface area contributed by atoms with Crippen LogP contribution in [0, 0.1) is 13.8 Å². The van der Waals surface area contributed by atoms with Gasteiger partial charge in [-0.05, 0) is 54.9 Å². The largest absolute Gasteiger partial charge is 0.462 e. The van der Waals surface area contributed by atoms with Crippen LogP contribution in [0.5, 0.6) is 0 Å². The van der Waals surface area contributed by atoms with Crippen LogP contribution >= 0.6 is 15.9 Å². The molecule has 0 atom stereocenters. The van der Waals surface area contributed by atoms with Gasteiger partial charge in [-0.2, -0.15) is 0 Å². The van der Waals surface area contributed by atoms with Gasteiger partial charge in [0.25, 0.3) is 0 Å². The average Bonchev–Trinajstić information content (AvgIpc) is 3.05. The molecule has 0 radical (unpaired) electrons. The molecule has 7 heteroatoms. The van der Waals surface area contributed by atoms with Crippen LogP contribution in [0.3, 0.4) is 0 Å². The molecule has 0 amide bonds. The third-order valence-corrected chi connectivity index (χ3v) is 4.35. The van der Waals surface area contributed by atoms with Gasteiger partial charge < -0.3 is 9.15 Å². The zero-order chi connectivity index (χ0) is 18.0. The fourth-order valence-corrected chi connectivity index (χ4v) is 2.89. The highest BCUT2D eigenvalue weighted by atomic mass is 79.9. The number of aromatic nitrogens is 3. The van der Waals surface area contributed by atoms with Gasteiger partial charge in [0.2, 0.25) is 11.8 Å². The van der Waals surface area contributed by atoms with E-state index in [1.54, 1.807) is 19.9 Å². The molecule has 2 heterocycles. The summed E-state index contributed by atoms with van der Waals surface area (Å²) in [7, 11) is 0. The Bertz CT molecular complexity index is 937. The maximum absolute atomic E-state index is 12.1. The van der Waals surface area contributed by atoms with E-state index in [-0.39, 0.29) is 0 Å². The molecular weight excluding hydrogens is 386 g/mol. The number of halogens is 1. The molecular formula is C18H16BrN3O3. The Morgan fingerprint density at radius 1 is 1.12 bits per heavy atom. The maximum Gasteiger partial charge on any atom is 0.339 e. The summed E-state index contributed by atoms with van der Waals surface area (Å²) in [6, 6.07) is 9.27. The molecule has 0 aliphatic rings. The molecule has 0 bridgehead atoms. The molecule has 0 N–H and O–H groups in total. The number of esters is 1. The predicted molar refractivity (Wildman–Crippen MR) is 96.1 cm³/mol. The molecule has 6 nitrogen and oxygen atoms in total. The van der Waals surface area contributed by atoms with Gasteiger partial charge in [0.05, 0.1) is 34.7 Å². The molecule has 3 aromatic rings. The fraction of sp³-hybridized carbons (Fsp3) is 0.222. The lowest BCUT2D eigenvalue weighted by Crippen LogP contribution is -2.09. The van der Waals surface area contributed by atoms with Crippen LogP contribution in [-0.4, -0.2) is 27.8 Å². The molecule has 128 valence electrons. The SMILES string of the molecule is CCOC(=O)c1cc(-c2nnc(-c3ccccc3Br)o2)c(C)nc1C. The predicted octanol–water partition coefficient (Wildman–Crippen LogP) is 4.35. The van der Waals surface area contributed by atoms with Crippen LogP contribution in [0.4, 0.5) is 0 Å². The number of benzene rings is 1. The number of carbonyl (C=O) groups is 1. The minimum absolute atomic E-state index is 0.300. The van der Waals surface area contributed by atoms with Crippen molar-refractivity contribution >= 4 is 21.9 Å². The van der Waals surface area contributed by atoms with Crippen molar-refractivity contribution in [3.63, 3.8) is 0 Å². The summed E-state index contributed by atoms with van der Waals surface area (Å²) in [6.07, 6.45) is 0. The van der Waals surface area contributed by atoms with E-state index in [4.69, 9.17) is 9.15 Å². The van der Waals surface area contributed by atoms with Crippen LogP contribution in [0.15, 0.2) is 39.2 Å². The minimum atomic E-state index is -0.417. The van der Waals surface area contributed by atoms with Crippen LogP contribution in [-0.2, 0) is 4.74 Å². The first-order valence-corrected chi connectivity index (χ1v) is 8.54. The number of ether oxygens (including phenoxy) is 1. The summed E-state index contributed by atoms with van der Waals surface area (Å²) in [5.74, 6) is 0.278. The monoisotopic (exact) mass is 401 g/mol. The molecule has 25 heavy (non-hydrogen) atoms. The number of pyridine rings is 1. The van der Waals surface area contributed by atoms with E-state index in [1.807, 2.05) is 31.2 Å². The summed E-state index contributed by atoms with van der Waals surface area (Å²) in [4.78, 5) is 16.5. The lowest BCUT2D eigenvalue weighted by molar-refractivity contribution is 0.0525. The van der Waals surface area contributed by atoms with Gasteiger partial charge in [0.1, 0.15) is 0 Å². The van der Waals surface area contributed by atoms with E-state index >= 15 is 0 Å². The molecule has 0 aliphatic heterocycles. The van der Waals surface area contributed by atoms with Crippen molar-refractivity contribution in [3.8, 4) is 22.9 Å². The fourth-order valence-electron chi connectivity index (χ4n) is 2.43. The van der Waals surface area contributed by atoms with Crippen molar-refractivity contribution in [1.29, 1.82) is 0 Å². The normalized spacial score (nSPS) is 10.7. The smallest absolute Gasteiger partial charge is 0.339 e. The Balaban J connectivity index is 2.04.